The van der Waals surface area contributed by atoms with Crippen LogP contribution in [0.15, 0.2) is 58.6 Å². The first-order valence-corrected chi connectivity index (χ1v) is 11.1. The molecule has 3 aromatic carbocycles. The van der Waals surface area contributed by atoms with Gasteiger partial charge in [0.25, 0.3) is 0 Å². The van der Waals surface area contributed by atoms with E-state index in [0.29, 0.717) is 10.9 Å². The van der Waals surface area contributed by atoms with Gasteiger partial charge in [-0.15, -0.1) is 0 Å². The molecule has 1 atom stereocenters. The Bertz CT molecular complexity index is 1240. The summed E-state index contributed by atoms with van der Waals surface area (Å²) in [5.41, 5.74) is 4.83. The van der Waals surface area contributed by atoms with Crippen molar-refractivity contribution in [1.82, 2.24) is 0 Å². The number of phenols is 1. The molecular formula is C25H21BrClNO2. The maximum atomic E-state index is 13.3. The summed E-state index contributed by atoms with van der Waals surface area (Å²) in [6, 6.07) is 15.8. The number of Topliss-reactive ketones (excluding diaryl/α,β-unsaturated/α-hetero) is 1. The number of carbonyl (C=O) groups is 1. The Morgan fingerprint density at radius 3 is 2.67 bits per heavy atom. The highest BCUT2D eigenvalue weighted by Gasteiger charge is 2.40. The maximum absolute atomic E-state index is 13.3. The van der Waals surface area contributed by atoms with Crippen LogP contribution in [0.1, 0.15) is 43.9 Å². The van der Waals surface area contributed by atoms with E-state index in [1.807, 2.05) is 18.2 Å². The fourth-order valence-corrected chi connectivity index (χ4v) is 5.63. The minimum absolute atomic E-state index is 0.00684. The number of anilines is 1. The largest absolute Gasteiger partial charge is 0.505 e. The number of aromatic hydroxyl groups is 1. The van der Waals surface area contributed by atoms with E-state index < -0.39 is 0 Å². The lowest BCUT2D eigenvalue weighted by Gasteiger charge is -2.40. The number of halogens is 2. The van der Waals surface area contributed by atoms with Crippen LogP contribution in [-0.2, 0) is 4.79 Å². The minimum Gasteiger partial charge on any atom is -0.505 e. The summed E-state index contributed by atoms with van der Waals surface area (Å²) in [5.74, 6) is 0.172. The lowest BCUT2D eigenvalue weighted by molar-refractivity contribution is -0.118. The number of phenolic OH excluding ortho intramolecular Hbond substituents is 1. The van der Waals surface area contributed by atoms with E-state index in [2.05, 4.69) is 59.4 Å². The van der Waals surface area contributed by atoms with Crippen LogP contribution in [-0.4, -0.2) is 10.9 Å². The number of ketones is 1. The monoisotopic (exact) mass is 481 g/mol. The van der Waals surface area contributed by atoms with Crippen LogP contribution in [0.4, 0.5) is 5.69 Å². The van der Waals surface area contributed by atoms with E-state index in [1.165, 1.54) is 0 Å². The van der Waals surface area contributed by atoms with Crippen molar-refractivity contribution in [2.45, 2.75) is 32.7 Å². The average Bonchev–Trinajstić information content (AvgIpc) is 2.69. The molecule has 0 aromatic heterocycles. The van der Waals surface area contributed by atoms with Gasteiger partial charge in [-0.05, 0) is 56.4 Å². The average molecular weight is 483 g/mol. The second kappa shape index (κ2) is 6.86. The van der Waals surface area contributed by atoms with Gasteiger partial charge in [0.1, 0.15) is 5.75 Å². The Morgan fingerprint density at radius 1 is 1.13 bits per heavy atom. The standard InChI is InChI=1S/C25H21BrClNO2/c1-25(2)11-17-16-8-7-13-5-3-4-6-15(13)23(16)28-22(21(17)20(29)12-25)14-9-18(26)24(30)19(27)10-14/h3-10,22,28,30H,11-12H2,1-2H3. The van der Waals surface area contributed by atoms with Crippen molar-refractivity contribution in [3.63, 3.8) is 0 Å². The van der Waals surface area contributed by atoms with E-state index in [4.69, 9.17) is 11.6 Å². The topological polar surface area (TPSA) is 49.3 Å². The second-order valence-corrected chi connectivity index (χ2v) is 10.2. The molecule has 0 radical (unpaired) electrons. The molecule has 1 aliphatic carbocycles. The van der Waals surface area contributed by atoms with Crippen LogP contribution in [0.2, 0.25) is 5.02 Å². The first-order valence-electron chi connectivity index (χ1n) is 9.98. The fraction of sp³-hybridized carbons (Fsp3) is 0.240. The number of hydrogen-bond donors (Lipinski definition) is 2. The summed E-state index contributed by atoms with van der Waals surface area (Å²) in [5, 5.41) is 16.3. The Balaban J connectivity index is 1.80. The van der Waals surface area contributed by atoms with E-state index in [9.17, 15) is 9.90 Å². The predicted molar refractivity (Wildman–Crippen MR) is 126 cm³/mol. The highest BCUT2D eigenvalue weighted by atomic mass is 79.9. The van der Waals surface area contributed by atoms with Crippen LogP contribution >= 0.6 is 27.5 Å². The molecule has 152 valence electrons. The van der Waals surface area contributed by atoms with Crippen molar-refractivity contribution in [2.24, 2.45) is 5.41 Å². The Kier molecular flexibility index (Phi) is 4.49. The zero-order chi connectivity index (χ0) is 21.2. The lowest BCUT2D eigenvalue weighted by atomic mass is 9.68. The van der Waals surface area contributed by atoms with Gasteiger partial charge in [0.2, 0.25) is 0 Å². The van der Waals surface area contributed by atoms with Crippen molar-refractivity contribution in [3.05, 3.63) is 74.7 Å². The van der Waals surface area contributed by atoms with Gasteiger partial charge >= 0.3 is 0 Å². The first kappa shape index (κ1) is 19.7. The molecular weight excluding hydrogens is 462 g/mol. The molecule has 0 amide bonds. The van der Waals surface area contributed by atoms with Gasteiger partial charge in [-0.3, -0.25) is 4.79 Å². The molecule has 0 saturated carbocycles. The number of nitrogens with one attached hydrogen (secondary N) is 1. The van der Waals surface area contributed by atoms with E-state index in [-0.39, 0.29) is 28.0 Å². The summed E-state index contributed by atoms with van der Waals surface area (Å²) in [6.07, 6.45) is 1.35. The van der Waals surface area contributed by atoms with Crippen LogP contribution in [0.5, 0.6) is 5.75 Å². The molecule has 5 rings (SSSR count). The first-order chi connectivity index (χ1) is 14.2. The Morgan fingerprint density at radius 2 is 1.90 bits per heavy atom. The number of rotatable bonds is 1. The Labute approximate surface area is 188 Å². The quantitative estimate of drug-likeness (QED) is 0.383. The number of hydrogen-bond acceptors (Lipinski definition) is 3. The molecule has 5 heteroatoms. The Hall–Kier alpha value is -2.30. The molecule has 30 heavy (non-hydrogen) atoms. The van der Waals surface area contributed by atoms with Gasteiger partial charge in [-0.1, -0.05) is 61.8 Å². The predicted octanol–water partition coefficient (Wildman–Crippen LogP) is 7.27. The highest BCUT2D eigenvalue weighted by molar-refractivity contribution is 9.10. The maximum Gasteiger partial charge on any atom is 0.162 e. The van der Waals surface area contributed by atoms with Crippen LogP contribution in [0, 0.1) is 5.41 Å². The molecule has 0 spiro atoms. The summed E-state index contributed by atoms with van der Waals surface area (Å²) in [4.78, 5) is 13.3. The number of allylic oxidation sites excluding steroid dienone is 1. The SMILES string of the molecule is CC1(C)CC(=O)C2=C(C1)c1ccc3ccccc3c1NC2c1cc(Cl)c(O)c(Br)c1. The third kappa shape index (κ3) is 3.05. The van der Waals surface area contributed by atoms with E-state index in [1.54, 1.807) is 6.07 Å². The number of fused-ring (bicyclic) bond motifs is 4. The summed E-state index contributed by atoms with van der Waals surface area (Å²) in [7, 11) is 0. The fourth-order valence-electron chi connectivity index (χ4n) is 4.81. The lowest BCUT2D eigenvalue weighted by Crippen LogP contribution is -2.33. The molecule has 1 unspecified atom stereocenters. The third-order valence-corrected chi connectivity index (χ3v) is 7.02. The van der Waals surface area contributed by atoms with E-state index >= 15 is 0 Å². The van der Waals surface area contributed by atoms with Gasteiger partial charge in [-0.2, -0.15) is 0 Å². The number of carbonyl (C=O) groups excluding carboxylic acids is 1. The molecule has 1 heterocycles. The molecule has 0 saturated heterocycles. The van der Waals surface area contributed by atoms with E-state index in [0.717, 1.165) is 45.2 Å². The second-order valence-electron chi connectivity index (χ2n) is 8.95. The van der Waals surface area contributed by atoms with Gasteiger partial charge < -0.3 is 10.4 Å². The minimum atomic E-state index is -0.323. The van der Waals surface area contributed by atoms with Gasteiger partial charge in [0.05, 0.1) is 21.2 Å². The zero-order valence-corrected chi connectivity index (χ0v) is 19.1. The third-order valence-electron chi connectivity index (χ3n) is 6.12. The van der Waals surface area contributed by atoms with Gasteiger partial charge in [0.15, 0.2) is 5.78 Å². The van der Waals surface area contributed by atoms with Crippen LogP contribution < -0.4 is 5.32 Å². The molecule has 3 nitrogen and oxygen atoms in total. The van der Waals surface area contributed by atoms with Crippen LogP contribution in [0.25, 0.3) is 16.3 Å². The number of benzene rings is 3. The molecule has 0 bridgehead atoms. The van der Waals surface area contributed by atoms with Crippen molar-refractivity contribution in [3.8, 4) is 5.75 Å². The van der Waals surface area contributed by atoms with Crippen molar-refractivity contribution in [2.75, 3.05) is 5.32 Å². The van der Waals surface area contributed by atoms with Crippen molar-refractivity contribution >= 4 is 55.3 Å². The van der Waals surface area contributed by atoms with Crippen molar-refractivity contribution < 1.29 is 9.90 Å². The molecule has 2 aliphatic rings. The normalized spacial score (nSPS) is 20.0. The molecule has 0 fully saturated rings. The summed E-state index contributed by atoms with van der Waals surface area (Å²) < 4.78 is 0.515. The highest BCUT2D eigenvalue weighted by Crippen LogP contribution is 2.52. The van der Waals surface area contributed by atoms with Crippen LogP contribution in [0.3, 0.4) is 0 Å². The summed E-state index contributed by atoms with van der Waals surface area (Å²) in [6.45, 7) is 4.31. The zero-order valence-electron chi connectivity index (χ0n) is 16.7. The smallest absolute Gasteiger partial charge is 0.162 e. The molecule has 1 aliphatic heterocycles. The molecule has 2 N–H and O–H groups in total. The van der Waals surface area contributed by atoms with Gasteiger partial charge in [0, 0.05) is 22.9 Å². The van der Waals surface area contributed by atoms with Gasteiger partial charge in [-0.25, -0.2) is 0 Å². The summed E-state index contributed by atoms with van der Waals surface area (Å²) >= 11 is 9.67. The molecule has 3 aromatic rings. The van der Waals surface area contributed by atoms with Crippen molar-refractivity contribution in [1.29, 1.82) is 0 Å².